The number of nitrogens with zero attached hydrogens (tertiary/aromatic N) is 8. The summed E-state index contributed by atoms with van der Waals surface area (Å²) in [6.07, 6.45) is 2.27. The molecule has 1 aromatic carbocycles. The van der Waals surface area contributed by atoms with Crippen LogP contribution in [0.15, 0.2) is 49.1 Å². The number of halogens is 4. The number of carbonyl (C=O) groups is 4. The second-order valence-corrected chi connectivity index (χ2v) is 16.7. The molecular formula is C41H46ClF3N11O6+. The number of likely N-dealkylation sites (tertiary alicyclic amines) is 1. The van der Waals surface area contributed by atoms with Crippen molar-refractivity contribution in [3.05, 3.63) is 76.7 Å². The maximum atomic E-state index is 14.3. The molecule has 0 saturated carbocycles. The van der Waals surface area contributed by atoms with E-state index in [0.717, 1.165) is 41.5 Å². The molecule has 3 aliphatic heterocycles. The number of quaternary nitrogens is 1. The number of alkyl halides is 3. The summed E-state index contributed by atoms with van der Waals surface area (Å²) in [5.41, 5.74) is 0.250. The third-order valence-electron chi connectivity index (χ3n) is 12.3. The lowest BCUT2D eigenvalue weighted by Crippen LogP contribution is -2.62. The van der Waals surface area contributed by atoms with E-state index in [1.807, 2.05) is 0 Å². The maximum absolute atomic E-state index is 14.3. The number of benzene rings is 1. The number of imidazole rings is 1. The summed E-state index contributed by atoms with van der Waals surface area (Å²) in [5, 5.41) is 29.4. The molecule has 3 fully saturated rings. The second kappa shape index (κ2) is 17.1. The summed E-state index contributed by atoms with van der Waals surface area (Å²) < 4.78 is 45.7. The van der Waals surface area contributed by atoms with Crippen LogP contribution in [0.25, 0.3) is 28.0 Å². The number of rotatable bonds is 12. The van der Waals surface area contributed by atoms with Crippen molar-refractivity contribution in [1.82, 2.24) is 44.4 Å². The number of piperidine rings is 1. The third kappa shape index (κ3) is 8.64. The minimum atomic E-state index is -4.86. The smallest absolute Gasteiger partial charge is 0.435 e. The number of piperazine rings is 1. The average Bonchev–Trinajstić information content (AvgIpc) is 3.96. The first-order valence-electron chi connectivity index (χ1n) is 20.4. The molecule has 21 heteroatoms. The van der Waals surface area contributed by atoms with E-state index in [-0.39, 0.29) is 70.1 Å². The zero-order chi connectivity index (χ0) is 43.9. The van der Waals surface area contributed by atoms with Crippen molar-refractivity contribution in [2.75, 3.05) is 77.4 Å². The van der Waals surface area contributed by atoms with E-state index >= 15 is 0 Å². The van der Waals surface area contributed by atoms with Crippen molar-refractivity contribution in [2.45, 2.75) is 25.4 Å². The van der Waals surface area contributed by atoms with Crippen LogP contribution in [0.1, 0.15) is 45.1 Å². The van der Waals surface area contributed by atoms with Crippen LogP contribution in [-0.4, -0.2) is 150 Å². The molecule has 3 saturated heterocycles. The van der Waals surface area contributed by atoms with Gasteiger partial charge in [-0.25, -0.2) is 19.4 Å². The van der Waals surface area contributed by atoms with Gasteiger partial charge in [-0.2, -0.15) is 18.3 Å². The second-order valence-electron chi connectivity index (χ2n) is 16.3. The zero-order valence-electron chi connectivity index (χ0n) is 33.8. The van der Waals surface area contributed by atoms with Gasteiger partial charge in [-0.15, -0.1) is 0 Å². The fraction of sp³-hybridized carbons (Fsp3) is 0.439. The Morgan fingerprint density at radius 1 is 1.02 bits per heavy atom. The first kappa shape index (κ1) is 42.8. The van der Waals surface area contributed by atoms with Gasteiger partial charge in [-0.3, -0.25) is 14.4 Å². The molecule has 3 aliphatic rings. The van der Waals surface area contributed by atoms with Crippen LogP contribution in [0.3, 0.4) is 0 Å². The molecule has 0 bridgehead atoms. The van der Waals surface area contributed by atoms with Gasteiger partial charge in [-0.05, 0) is 30.2 Å². The number of fused-ring (bicyclic) bond motifs is 1. The fourth-order valence-corrected chi connectivity index (χ4v) is 9.13. The average molecular weight is 881 g/mol. The summed E-state index contributed by atoms with van der Waals surface area (Å²) in [5.74, 6) is -1.72. The van der Waals surface area contributed by atoms with E-state index in [2.05, 4.69) is 30.7 Å². The molecule has 5 aromatic rings. The molecule has 0 atom stereocenters. The Balaban J connectivity index is 0.889. The molecule has 0 spiro atoms. The van der Waals surface area contributed by atoms with Crippen LogP contribution in [0.2, 0.25) is 5.02 Å². The van der Waals surface area contributed by atoms with Crippen molar-refractivity contribution in [2.24, 2.45) is 18.9 Å². The SMILES string of the molecule is Cn1c(-c2cn(-c3cc4[nH]cc(CCO)c4cn3)nc2C(F)(F)F)cnc1C(=O)Nc1ccc(C(=O)N2CCN(C(=O)C3CC[N+](CC(=O)O)(CC4CNC4)CC3)CC2)c(Cl)c1. The minimum absolute atomic E-state index is 0.0292. The summed E-state index contributed by atoms with van der Waals surface area (Å²) in [6.45, 7) is 5.13. The summed E-state index contributed by atoms with van der Waals surface area (Å²) in [4.78, 5) is 67.1. The predicted molar refractivity (Wildman–Crippen MR) is 220 cm³/mol. The molecule has 0 unspecified atom stereocenters. The highest BCUT2D eigenvalue weighted by atomic mass is 35.5. The quantitative estimate of drug-likeness (QED) is 0.116. The number of nitrogens with one attached hydrogen (secondary N) is 3. The standard InChI is InChI=1S/C41H45ClF3N11O6/c1-52-33(30-21-55(51-36(30)41(43,44)45)34-15-32-29(19-48-34)26(6-13-57)18-47-32)20-49-37(52)38(60)50-27-2-3-28(31(42)14-27)40(62)54-9-7-53(8-10-54)39(61)25-4-11-56(12-5-25,23-35(58)59)22-24-16-46-17-24/h2-3,14-15,18-21,24-25,46,57H,4-13,16-17,22-23H2,1H3,(H2-,47,48,50,58,59,60,62)/p+1. The third-order valence-corrected chi connectivity index (χ3v) is 12.6. The van der Waals surface area contributed by atoms with Crippen LogP contribution in [-0.2, 0) is 29.2 Å². The molecule has 7 heterocycles. The maximum Gasteiger partial charge on any atom is 0.435 e. The number of pyridine rings is 1. The lowest BCUT2D eigenvalue weighted by Gasteiger charge is -2.46. The monoisotopic (exact) mass is 880 g/mol. The van der Waals surface area contributed by atoms with Crippen molar-refractivity contribution < 1.29 is 47.0 Å². The highest BCUT2D eigenvalue weighted by Crippen LogP contribution is 2.37. The van der Waals surface area contributed by atoms with Crippen LogP contribution in [0, 0.1) is 11.8 Å². The minimum Gasteiger partial charge on any atom is -0.477 e. The lowest BCUT2D eigenvalue weighted by molar-refractivity contribution is -0.929. The number of carboxylic acids is 1. The van der Waals surface area contributed by atoms with Gasteiger partial charge < -0.3 is 44.7 Å². The molecule has 0 aliphatic carbocycles. The first-order valence-corrected chi connectivity index (χ1v) is 20.7. The molecule has 4 aromatic heterocycles. The van der Waals surface area contributed by atoms with E-state index in [9.17, 15) is 42.6 Å². The topological polar surface area (TPSA) is 204 Å². The van der Waals surface area contributed by atoms with Gasteiger partial charge in [0.25, 0.3) is 11.8 Å². The van der Waals surface area contributed by atoms with Gasteiger partial charge in [0.2, 0.25) is 5.91 Å². The van der Waals surface area contributed by atoms with E-state index in [0.29, 0.717) is 74.4 Å². The van der Waals surface area contributed by atoms with E-state index in [4.69, 9.17) is 11.6 Å². The Kier molecular flexibility index (Phi) is 11.8. The Labute approximate surface area is 358 Å². The molecule has 3 amide bonds. The van der Waals surface area contributed by atoms with Crippen LogP contribution in [0.4, 0.5) is 18.9 Å². The van der Waals surface area contributed by atoms with Crippen molar-refractivity contribution in [3.63, 3.8) is 0 Å². The number of carbonyl (C=O) groups excluding carboxylic acids is 3. The van der Waals surface area contributed by atoms with Gasteiger partial charge in [0, 0.05) is 113 Å². The Morgan fingerprint density at radius 3 is 2.39 bits per heavy atom. The fourth-order valence-electron chi connectivity index (χ4n) is 8.87. The van der Waals surface area contributed by atoms with Crippen molar-refractivity contribution >= 4 is 51.9 Å². The highest BCUT2D eigenvalue weighted by Gasteiger charge is 2.43. The molecule has 17 nitrogen and oxygen atoms in total. The van der Waals surface area contributed by atoms with Crippen molar-refractivity contribution in [3.8, 4) is 17.1 Å². The molecule has 8 rings (SSSR count). The zero-order valence-corrected chi connectivity index (χ0v) is 34.5. The number of hydrogen-bond donors (Lipinski definition) is 5. The Bertz CT molecular complexity index is 2520. The molecule has 5 N–H and O–H groups in total. The lowest BCUT2D eigenvalue weighted by atomic mass is 9.90. The number of aromatic nitrogens is 6. The van der Waals surface area contributed by atoms with E-state index in [1.54, 1.807) is 22.1 Å². The number of aromatic amines is 1. The van der Waals surface area contributed by atoms with E-state index in [1.165, 1.54) is 42.2 Å². The molecular weight excluding hydrogens is 835 g/mol. The van der Waals surface area contributed by atoms with Gasteiger partial charge in [0.1, 0.15) is 0 Å². The van der Waals surface area contributed by atoms with Crippen LogP contribution >= 0.6 is 11.6 Å². The summed E-state index contributed by atoms with van der Waals surface area (Å²) in [7, 11) is 1.40. The number of H-pyrrole nitrogens is 1. The summed E-state index contributed by atoms with van der Waals surface area (Å²) >= 11 is 6.57. The van der Waals surface area contributed by atoms with Gasteiger partial charge in [-0.1, -0.05) is 11.6 Å². The number of carboxylic acid groups (broad SMARTS) is 1. The number of amides is 3. The number of hydrogen-bond acceptors (Lipinski definition) is 9. The summed E-state index contributed by atoms with van der Waals surface area (Å²) in [6, 6.07) is 5.91. The molecule has 0 radical (unpaired) electrons. The van der Waals surface area contributed by atoms with Crippen molar-refractivity contribution in [1.29, 1.82) is 0 Å². The van der Waals surface area contributed by atoms with Gasteiger partial charge in [0.05, 0.1) is 53.2 Å². The Hall–Kier alpha value is -5.83. The predicted octanol–water partition coefficient (Wildman–Crippen LogP) is 3.42. The number of anilines is 1. The Morgan fingerprint density at radius 2 is 1.74 bits per heavy atom. The number of aliphatic carboxylic acids is 1. The van der Waals surface area contributed by atoms with Gasteiger partial charge in [0.15, 0.2) is 23.9 Å². The number of aliphatic hydroxyl groups is 1. The largest absolute Gasteiger partial charge is 0.477 e. The van der Waals surface area contributed by atoms with Crippen LogP contribution in [0.5, 0.6) is 0 Å². The normalized spacial score (nSPS) is 19.7. The molecule has 62 heavy (non-hydrogen) atoms. The van der Waals surface area contributed by atoms with E-state index < -0.39 is 23.7 Å². The first-order chi connectivity index (χ1) is 29.6. The van der Waals surface area contributed by atoms with Crippen LogP contribution < -0.4 is 10.6 Å². The highest BCUT2D eigenvalue weighted by molar-refractivity contribution is 6.34. The molecule has 328 valence electrons. The van der Waals surface area contributed by atoms with Gasteiger partial charge >= 0.3 is 12.1 Å². The number of aliphatic hydroxyl groups excluding tert-OH is 1.